The summed E-state index contributed by atoms with van der Waals surface area (Å²) in [6.45, 7) is 2.72. The number of aryl methyl sites for hydroxylation is 1. The molecule has 4 nitrogen and oxygen atoms in total. The van der Waals surface area contributed by atoms with Crippen LogP contribution in [0.4, 0.5) is 11.4 Å². The number of hydrogen-bond acceptors (Lipinski definition) is 3. The summed E-state index contributed by atoms with van der Waals surface area (Å²) in [7, 11) is 0. The van der Waals surface area contributed by atoms with Crippen molar-refractivity contribution in [3.05, 3.63) is 65.5 Å². The Morgan fingerprint density at radius 1 is 1.16 bits per heavy atom. The van der Waals surface area contributed by atoms with E-state index in [0.717, 1.165) is 17.8 Å². The molecule has 0 unspecified atom stereocenters. The normalized spacial score (nSPS) is 13.9. The number of amides is 1. The second kappa shape index (κ2) is 8.47. The second-order valence-corrected chi connectivity index (χ2v) is 6.54. The number of nitrogens with one attached hydrogen (secondary N) is 2. The lowest BCUT2D eigenvalue weighted by Crippen LogP contribution is -2.25. The molecular formula is C21H25N3O. The third-order valence-electron chi connectivity index (χ3n) is 4.42. The molecule has 1 aromatic carbocycles. The third kappa shape index (κ3) is 5.18. The Morgan fingerprint density at radius 3 is 2.84 bits per heavy atom. The molecule has 25 heavy (non-hydrogen) atoms. The standard InChI is InChI=1S/C21H25N3O/c1-16-6-5-9-18(14-16)24-19-11-13-22-20(15-19)21(25)23-12-10-17-7-3-2-4-8-17/h5-7,9,11,13-15H,2-4,8,10,12H2,1H3,(H,22,24)(H,23,25). The van der Waals surface area contributed by atoms with E-state index in [1.54, 1.807) is 12.3 Å². The van der Waals surface area contributed by atoms with Crippen LogP contribution in [0.15, 0.2) is 54.2 Å². The Bertz CT molecular complexity index is 767. The van der Waals surface area contributed by atoms with Gasteiger partial charge in [-0.05, 0) is 68.9 Å². The molecule has 4 heteroatoms. The molecule has 130 valence electrons. The molecule has 3 rings (SSSR count). The van der Waals surface area contributed by atoms with Crippen LogP contribution in [0, 0.1) is 6.92 Å². The highest BCUT2D eigenvalue weighted by Crippen LogP contribution is 2.20. The third-order valence-corrected chi connectivity index (χ3v) is 4.42. The molecule has 2 aromatic rings. The summed E-state index contributed by atoms with van der Waals surface area (Å²) in [6.07, 6.45) is 9.83. The van der Waals surface area contributed by atoms with Crippen LogP contribution in [0.2, 0.25) is 0 Å². The first-order valence-corrected chi connectivity index (χ1v) is 8.96. The van der Waals surface area contributed by atoms with Gasteiger partial charge in [0.1, 0.15) is 5.69 Å². The minimum Gasteiger partial charge on any atom is -0.355 e. The highest BCUT2D eigenvalue weighted by Gasteiger charge is 2.09. The van der Waals surface area contributed by atoms with Crippen LogP contribution in [0.1, 0.15) is 48.2 Å². The van der Waals surface area contributed by atoms with Crippen LogP contribution in [0.3, 0.4) is 0 Å². The molecule has 1 aliphatic rings. The Morgan fingerprint density at radius 2 is 2.04 bits per heavy atom. The fourth-order valence-electron chi connectivity index (χ4n) is 3.08. The number of allylic oxidation sites excluding steroid dienone is 1. The second-order valence-electron chi connectivity index (χ2n) is 6.54. The van der Waals surface area contributed by atoms with Gasteiger partial charge < -0.3 is 10.6 Å². The topological polar surface area (TPSA) is 54.0 Å². The van der Waals surface area contributed by atoms with Gasteiger partial charge in [-0.15, -0.1) is 0 Å². The summed E-state index contributed by atoms with van der Waals surface area (Å²) in [5, 5.41) is 6.30. The predicted molar refractivity (Wildman–Crippen MR) is 102 cm³/mol. The van der Waals surface area contributed by atoms with Gasteiger partial charge in [-0.2, -0.15) is 0 Å². The van der Waals surface area contributed by atoms with Gasteiger partial charge >= 0.3 is 0 Å². The number of nitrogens with zero attached hydrogens (tertiary/aromatic N) is 1. The lowest BCUT2D eigenvalue weighted by atomic mass is 9.97. The van der Waals surface area contributed by atoms with Crippen molar-refractivity contribution in [2.75, 3.05) is 11.9 Å². The fourth-order valence-corrected chi connectivity index (χ4v) is 3.08. The lowest BCUT2D eigenvalue weighted by Gasteiger charge is -2.13. The van der Waals surface area contributed by atoms with Gasteiger partial charge in [0.25, 0.3) is 5.91 Å². The average molecular weight is 335 g/mol. The molecule has 0 spiro atoms. The fraction of sp³-hybridized carbons (Fsp3) is 0.333. The number of rotatable bonds is 6. The molecule has 2 N–H and O–H groups in total. The number of hydrogen-bond donors (Lipinski definition) is 2. The number of carbonyl (C=O) groups excluding carboxylic acids is 1. The van der Waals surface area contributed by atoms with Crippen molar-refractivity contribution in [2.45, 2.75) is 39.0 Å². The van der Waals surface area contributed by atoms with E-state index in [9.17, 15) is 4.79 Å². The van der Waals surface area contributed by atoms with Crippen LogP contribution in [-0.2, 0) is 0 Å². The minimum atomic E-state index is -0.121. The van der Waals surface area contributed by atoms with Crippen molar-refractivity contribution < 1.29 is 4.79 Å². The van der Waals surface area contributed by atoms with Gasteiger partial charge in [-0.1, -0.05) is 23.8 Å². The maximum absolute atomic E-state index is 12.3. The van der Waals surface area contributed by atoms with E-state index >= 15 is 0 Å². The maximum atomic E-state index is 12.3. The van der Waals surface area contributed by atoms with Crippen LogP contribution in [0.25, 0.3) is 0 Å². The Balaban J connectivity index is 1.56. The monoisotopic (exact) mass is 335 g/mol. The molecule has 1 heterocycles. The first-order chi connectivity index (χ1) is 12.2. The van der Waals surface area contributed by atoms with Crippen molar-refractivity contribution in [1.82, 2.24) is 10.3 Å². The van der Waals surface area contributed by atoms with Gasteiger partial charge in [0.15, 0.2) is 0 Å². The number of aromatic nitrogens is 1. The zero-order valence-corrected chi connectivity index (χ0v) is 14.7. The van der Waals surface area contributed by atoms with Crippen molar-refractivity contribution in [1.29, 1.82) is 0 Å². The molecule has 0 aliphatic heterocycles. The highest BCUT2D eigenvalue weighted by molar-refractivity contribution is 5.93. The number of pyridine rings is 1. The molecule has 1 aliphatic carbocycles. The molecule has 1 aromatic heterocycles. The lowest BCUT2D eigenvalue weighted by molar-refractivity contribution is 0.0949. The summed E-state index contributed by atoms with van der Waals surface area (Å²) >= 11 is 0. The number of carbonyl (C=O) groups is 1. The number of benzene rings is 1. The zero-order valence-electron chi connectivity index (χ0n) is 14.7. The van der Waals surface area contributed by atoms with Crippen LogP contribution >= 0.6 is 0 Å². The van der Waals surface area contributed by atoms with Crippen molar-refractivity contribution in [3.8, 4) is 0 Å². The van der Waals surface area contributed by atoms with E-state index < -0.39 is 0 Å². The average Bonchev–Trinajstić information content (AvgIpc) is 2.63. The zero-order chi connectivity index (χ0) is 17.5. The van der Waals surface area contributed by atoms with E-state index in [1.165, 1.54) is 36.8 Å². The first kappa shape index (κ1) is 17.2. The molecule has 0 radical (unpaired) electrons. The van der Waals surface area contributed by atoms with Gasteiger partial charge in [-0.3, -0.25) is 9.78 Å². The number of anilines is 2. The van der Waals surface area contributed by atoms with E-state index in [2.05, 4.69) is 40.8 Å². The molecule has 0 bridgehead atoms. The van der Waals surface area contributed by atoms with Crippen LogP contribution in [0.5, 0.6) is 0 Å². The Kier molecular flexibility index (Phi) is 5.83. The van der Waals surface area contributed by atoms with E-state index in [0.29, 0.717) is 12.2 Å². The van der Waals surface area contributed by atoms with E-state index in [4.69, 9.17) is 0 Å². The largest absolute Gasteiger partial charge is 0.355 e. The van der Waals surface area contributed by atoms with Crippen LogP contribution < -0.4 is 10.6 Å². The van der Waals surface area contributed by atoms with Gasteiger partial charge in [0, 0.05) is 24.1 Å². The minimum absolute atomic E-state index is 0.121. The van der Waals surface area contributed by atoms with Crippen LogP contribution in [-0.4, -0.2) is 17.4 Å². The Hall–Kier alpha value is -2.62. The summed E-state index contributed by atoms with van der Waals surface area (Å²) in [4.78, 5) is 16.5. The van der Waals surface area contributed by atoms with E-state index in [1.807, 2.05) is 18.2 Å². The van der Waals surface area contributed by atoms with Crippen molar-refractivity contribution in [3.63, 3.8) is 0 Å². The highest BCUT2D eigenvalue weighted by atomic mass is 16.1. The quantitative estimate of drug-likeness (QED) is 0.749. The molecule has 1 amide bonds. The molecule has 0 atom stereocenters. The predicted octanol–water partition coefficient (Wildman–Crippen LogP) is 4.75. The Labute approximate surface area is 149 Å². The van der Waals surface area contributed by atoms with Gasteiger partial charge in [0.05, 0.1) is 0 Å². The summed E-state index contributed by atoms with van der Waals surface area (Å²) in [5.41, 5.74) is 4.96. The van der Waals surface area contributed by atoms with E-state index in [-0.39, 0.29) is 5.91 Å². The van der Waals surface area contributed by atoms with Crippen molar-refractivity contribution >= 4 is 17.3 Å². The van der Waals surface area contributed by atoms with Gasteiger partial charge in [-0.25, -0.2) is 0 Å². The molecule has 0 saturated carbocycles. The maximum Gasteiger partial charge on any atom is 0.269 e. The van der Waals surface area contributed by atoms with Gasteiger partial charge in [0.2, 0.25) is 0 Å². The van der Waals surface area contributed by atoms with Crippen molar-refractivity contribution in [2.24, 2.45) is 0 Å². The SMILES string of the molecule is Cc1cccc(Nc2ccnc(C(=O)NCCC3=CCCCC3)c2)c1. The smallest absolute Gasteiger partial charge is 0.269 e. The summed E-state index contributed by atoms with van der Waals surface area (Å²) in [6, 6.07) is 11.8. The molecular weight excluding hydrogens is 310 g/mol. The molecule has 0 fully saturated rings. The molecule has 0 saturated heterocycles. The summed E-state index contributed by atoms with van der Waals surface area (Å²) in [5.74, 6) is -0.121. The first-order valence-electron chi connectivity index (χ1n) is 8.96. The summed E-state index contributed by atoms with van der Waals surface area (Å²) < 4.78 is 0.